The van der Waals surface area contributed by atoms with Crippen molar-refractivity contribution in [3.05, 3.63) is 29.8 Å². The molecule has 150 valence electrons. The van der Waals surface area contributed by atoms with Gasteiger partial charge >= 0.3 is 0 Å². The standard InChI is InChI=1S/C21H31N3O2.HI/c1-22-20(24-17-13-15-9-10-19(17)26-15)23-14-21(11-5-6-12-21)16-7-3-4-8-18(16)25-2;/h3-4,7-8,15,17,19H,5-6,9-14H2,1-2H3,(H2,22,23,24);1H. The first-order valence-corrected chi connectivity index (χ1v) is 10.0. The predicted octanol–water partition coefficient (Wildman–Crippen LogP) is 3.61. The minimum Gasteiger partial charge on any atom is -0.496 e. The van der Waals surface area contributed by atoms with Crippen LogP contribution in [0, 0.1) is 0 Å². The number of aliphatic imine (C=N–C) groups is 1. The highest BCUT2D eigenvalue weighted by Gasteiger charge is 2.42. The molecule has 2 heterocycles. The first-order chi connectivity index (χ1) is 12.7. The van der Waals surface area contributed by atoms with Gasteiger partial charge in [-0.1, -0.05) is 31.0 Å². The Balaban J connectivity index is 0.00000210. The molecule has 3 fully saturated rings. The normalized spacial score (nSPS) is 28.7. The number of nitrogens with zero attached hydrogens (tertiary/aromatic N) is 1. The SMILES string of the molecule is CN=C(NCC1(c2ccccc2OC)CCCC1)NC1CC2CCC1O2.I. The Morgan fingerprint density at radius 3 is 2.67 bits per heavy atom. The molecule has 1 aliphatic carbocycles. The number of hydrogen-bond acceptors (Lipinski definition) is 3. The van der Waals surface area contributed by atoms with Crippen LogP contribution in [0.3, 0.4) is 0 Å². The van der Waals surface area contributed by atoms with Gasteiger partial charge in [0, 0.05) is 24.6 Å². The first kappa shape index (κ1) is 20.7. The van der Waals surface area contributed by atoms with Gasteiger partial charge in [-0.15, -0.1) is 24.0 Å². The molecule has 0 aromatic heterocycles. The lowest BCUT2D eigenvalue weighted by Gasteiger charge is -2.32. The molecule has 5 nitrogen and oxygen atoms in total. The van der Waals surface area contributed by atoms with Crippen LogP contribution in [0.5, 0.6) is 5.75 Å². The van der Waals surface area contributed by atoms with E-state index >= 15 is 0 Å². The fourth-order valence-electron chi connectivity index (χ4n) is 5.09. The van der Waals surface area contributed by atoms with Crippen LogP contribution in [0.15, 0.2) is 29.3 Å². The van der Waals surface area contributed by atoms with Gasteiger partial charge in [0.1, 0.15) is 5.75 Å². The Morgan fingerprint density at radius 1 is 1.26 bits per heavy atom. The Bertz CT molecular complexity index is 661. The second-order valence-electron chi connectivity index (χ2n) is 7.97. The highest BCUT2D eigenvalue weighted by molar-refractivity contribution is 14.0. The van der Waals surface area contributed by atoms with Crippen molar-refractivity contribution in [2.45, 2.75) is 68.6 Å². The van der Waals surface area contributed by atoms with Crippen LogP contribution < -0.4 is 15.4 Å². The molecule has 1 aromatic rings. The number of fused-ring (bicyclic) bond motifs is 2. The third-order valence-electron chi connectivity index (χ3n) is 6.48. The number of rotatable bonds is 5. The van der Waals surface area contributed by atoms with Gasteiger partial charge in [-0.2, -0.15) is 0 Å². The fraction of sp³-hybridized carbons (Fsp3) is 0.667. The van der Waals surface area contributed by atoms with E-state index in [1.54, 1.807) is 7.11 Å². The summed E-state index contributed by atoms with van der Waals surface area (Å²) in [6.45, 7) is 0.884. The van der Waals surface area contributed by atoms with E-state index in [2.05, 4.69) is 33.8 Å². The molecule has 0 spiro atoms. The fourth-order valence-corrected chi connectivity index (χ4v) is 5.09. The zero-order valence-corrected chi connectivity index (χ0v) is 18.7. The third-order valence-corrected chi connectivity index (χ3v) is 6.48. The van der Waals surface area contributed by atoms with Crippen molar-refractivity contribution in [2.75, 3.05) is 20.7 Å². The Labute approximate surface area is 179 Å². The number of benzene rings is 1. The number of nitrogens with one attached hydrogen (secondary N) is 2. The lowest BCUT2D eigenvalue weighted by molar-refractivity contribution is 0.0992. The van der Waals surface area contributed by atoms with Gasteiger partial charge in [0.2, 0.25) is 0 Å². The van der Waals surface area contributed by atoms with E-state index in [9.17, 15) is 0 Å². The van der Waals surface area contributed by atoms with E-state index < -0.39 is 0 Å². The average Bonchev–Trinajstić information content (AvgIpc) is 3.42. The Kier molecular flexibility index (Phi) is 6.89. The summed E-state index contributed by atoms with van der Waals surface area (Å²) in [5.74, 6) is 1.90. The molecule has 1 aromatic carbocycles. The summed E-state index contributed by atoms with van der Waals surface area (Å²) in [6.07, 6.45) is 9.21. The lowest BCUT2D eigenvalue weighted by Crippen LogP contribution is -2.50. The van der Waals surface area contributed by atoms with Gasteiger partial charge < -0.3 is 20.1 Å². The van der Waals surface area contributed by atoms with Gasteiger partial charge in [-0.05, 0) is 38.2 Å². The minimum absolute atomic E-state index is 0. The van der Waals surface area contributed by atoms with Crippen LogP contribution in [-0.2, 0) is 10.2 Å². The maximum absolute atomic E-state index is 5.97. The van der Waals surface area contributed by atoms with Crippen LogP contribution in [0.25, 0.3) is 0 Å². The molecular weight excluding hydrogens is 453 g/mol. The van der Waals surface area contributed by atoms with Crippen molar-refractivity contribution in [3.8, 4) is 5.75 Å². The first-order valence-electron chi connectivity index (χ1n) is 10.0. The van der Waals surface area contributed by atoms with Gasteiger partial charge in [0.05, 0.1) is 25.4 Å². The lowest BCUT2D eigenvalue weighted by atomic mass is 9.78. The van der Waals surface area contributed by atoms with Crippen molar-refractivity contribution < 1.29 is 9.47 Å². The quantitative estimate of drug-likeness (QED) is 0.380. The number of methoxy groups -OCH3 is 1. The van der Waals surface area contributed by atoms with Gasteiger partial charge in [-0.3, -0.25) is 4.99 Å². The summed E-state index contributed by atoms with van der Waals surface area (Å²) in [5, 5.41) is 7.22. The number of halogens is 1. The van der Waals surface area contributed by atoms with Crippen LogP contribution in [0.1, 0.15) is 50.5 Å². The predicted molar refractivity (Wildman–Crippen MR) is 119 cm³/mol. The van der Waals surface area contributed by atoms with Crippen molar-refractivity contribution in [1.29, 1.82) is 0 Å². The molecule has 0 radical (unpaired) electrons. The monoisotopic (exact) mass is 485 g/mol. The molecule has 2 N–H and O–H groups in total. The molecule has 2 aliphatic heterocycles. The topological polar surface area (TPSA) is 54.9 Å². The van der Waals surface area contributed by atoms with Gasteiger partial charge in [-0.25, -0.2) is 0 Å². The highest BCUT2D eigenvalue weighted by Crippen LogP contribution is 2.44. The molecule has 1 saturated carbocycles. The van der Waals surface area contributed by atoms with Crippen LogP contribution in [0.4, 0.5) is 0 Å². The van der Waals surface area contributed by atoms with Crippen molar-refractivity contribution >= 4 is 29.9 Å². The van der Waals surface area contributed by atoms with E-state index in [0.29, 0.717) is 18.2 Å². The van der Waals surface area contributed by atoms with Crippen molar-refractivity contribution in [2.24, 2.45) is 4.99 Å². The largest absolute Gasteiger partial charge is 0.496 e. The summed E-state index contributed by atoms with van der Waals surface area (Å²) in [7, 11) is 3.62. The van der Waals surface area contributed by atoms with Crippen LogP contribution in [0.2, 0.25) is 0 Å². The second-order valence-corrected chi connectivity index (χ2v) is 7.97. The molecular formula is C21H32IN3O2. The highest BCUT2D eigenvalue weighted by atomic mass is 127. The molecule has 6 heteroatoms. The maximum atomic E-state index is 5.97. The van der Waals surface area contributed by atoms with E-state index in [0.717, 1.165) is 24.7 Å². The Morgan fingerprint density at radius 2 is 2.04 bits per heavy atom. The molecule has 4 rings (SSSR count). The summed E-state index contributed by atoms with van der Waals surface area (Å²) < 4.78 is 11.6. The number of guanidine groups is 1. The van der Waals surface area contributed by atoms with Crippen LogP contribution in [-0.4, -0.2) is 44.9 Å². The number of para-hydroxylation sites is 1. The molecule has 2 saturated heterocycles. The number of ether oxygens (including phenoxy) is 2. The molecule has 27 heavy (non-hydrogen) atoms. The molecule has 3 atom stereocenters. The van der Waals surface area contributed by atoms with Crippen LogP contribution >= 0.6 is 24.0 Å². The molecule has 3 aliphatic rings. The summed E-state index contributed by atoms with van der Waals surface area (Å²) in [4.78, 5) is 4.47. The molecule has 0 amide bonds. The Hall–Kier alpha value is -1.02. The summed E-state index contributed by atoms with van der Waals surface area (Å²) in [6, 6.07) is 8.87. The van der Waals surface area contributed by atoms with Gasteiger partial charge in [0.15, 0.2) is 5.96 Å². The zero-order chi connectivity index (χ0) is 18.0. The molecule has 3 unspecified atom stereocenters. The third kappa shape index (κ3) is 4.21. The van der Waals surface area contributed by atoms with E-state index in [1.807, 2.05) is 13.1 Å². The average molecular weight is 485 g/mol. The molecule has 2 bridgehead atoms. The minimum atomic E-state index is 0. The van der Waals surface area contributed by atoms with E-state index in [4.69, 9.17) is 9.47 Å². The van der Waals surface area contributed by atoms with Crippen molar-refractivity contribution in [3.63, 3.8) is 0 Å². The second kappa shape index (κ2) is 8.99. The van der Waals surface area contributed by atoms with Crippen molar-refractivity contribution in [1.82, 2.24) is 10.6 Å². The van der Waals surface area contributed by atoms with E-state index in [-0.39, 0.29) is 29.4 Å². The maximum Gasteiger partial charge on any atom is 0.191 e. The number of hydrogen-bond donors (Lipinski definition) is 2. The summed E-state index contributed by atoms with van der Waals surface area (Å²) >= 11 is 0. The van der Waals surface area contributed by atoms with Gasteiger partial charge in [0.25, 0.3) is 0 Å². The smallest absolute Gasteiger partial charge is 0.191 e. The van der Waals surface area contributed by atoms with E-state index in [1.165, 1.54) is 44.1 Å². The zero-order valence-electron chi connectivity index (χ0n) is 16.4. The summed E-state index contributed by atoms with van der Waals surface area (Å²) in [5.41, 5.74) is 1.45.